The summed E-state index contributed by atoms with van der Waals surface area (Å²) in [7, 11) is 1.45. The molecular weight excluding hydrogens is 798 g/mol. The van der Waals surface area contributed by atoms with Crippen LogP contribution in [0.4, 0.5) is 0 Å². The first kappa shape index (κ1) is 59.7. The Bertz CT molecular complexity index is 1240. The molecule has 10 heteroatoms. The van der Waals surface area contributed by atoms with Gasteiger partial charge in [0.25, 0.3) is 0 Å². The Morgan fingerprint density at radius 3 is 1.37 bits per heavy atom. The van der Waals surface area contributed by atoms with E-state index in [0.29, 0.717) is 17.4 Å². The molecule has 0 aliphatic carbocycles. The van der Waals surface area contributed by atoms with Crippen molar-refractivity contribution in [3.8, 4) is 0 Å². The van der Waals surface area contributed by atoms with Gasteiger partial charge in [0.15, 0.2) is 6.10 Å². The minimum atomic E-state index is -4.39. The van der Waals surface area contributed by atoms with E-state index in [1.54, 1.807) is 0 Å². The SMILES string of the molecule is CC/C=C\C/C=C\C/C=C\C/C=C\C/C=C\CCCCCC(=O)O[C@H](COC(=O)CCCCCCCCCCCCCCCCCCCCC)COP(=O)(O)OCC[N+](C)(C)C. The highest BCUT2D eigenvalue weighted by Gasteiger charge is 2.27. The van der Waals surface area contributed by atoms with E-state index < -0.39 is 26.5 Å². The van der Waals surface area contributed by atoms with Gasteiger partial charge in [0, 0.05) is 12.8 Å². The van der Waals surface area contributed by atoms with Crippen LogP contribution < -0.4 is 0 Å². The number of esters is 2. The zero-order valence-electron chi connectivity index (χ0n) is 40.6. The Hall–Kier alpha value is -2.29. The maximum Gasteiger partial charge on any atom is 0.472 e. The number of nitrogens with zero attached hydrogens (tertiary/aromatic N) is 1. The lowest BCUT2D eigenvalue weighted by molar-refractivity contribution is -0.870. The van der Waals surface area contributed by atoms with Gasteiger partial charge >= 0.3 is 19.8 Å². The van der Waals surface area contributed by atoms with Crippen molar-refractivity contribution in [1.82, 2.24) is 0 Å². The lowest BCUT2D eigenvalue weighted by Gasteiger charge is -2.24. The second-order valence-electron chi connectivity index (χ2n) is 17.8. The Balaban J connectivity index is 4.33. The van der Waals surface area contributed by atoms with E-state index in [4.69, 9.17) is 18.5 Å². The lowest BCUT2D eigenvalue weighted by Crippen LogP contribution is -2.37. The summed E-state index contributed by atoms with van der Waals surface area (Å²) in [5, 5.41) is 0. The molecule has 0 aliphatic heterocycles. The number of phosphoric ester groups is 1. The molecule has 0 aromatic rings. The van der Waals surface area contributed by atoms with E-state index in [0.717, 1.165) is 70.6 Å². The Morgan fingerprint density at radius 1 is 0.516 bits per heavy atom. The van der Waals surface area contributed by atoms with Crippen molar-refractivity contribution in [3.63, 3.8) is 0 Å². The summed E-state index contributed by atoms with van der Waals surface area (Å²) in [6, 6.07) is 0. The fourth-order valence-electron chi connectivity index (χ4n) is 6.69. The predicted octanol–water partition coefficient (Wildman–Crippen LogP) is 14.8. The van der Waals surface area contributed by atoms with Crippen LogP contribution in [-0.2, 0) is 32.7 Å². The number of carbonyl (C=O) groups is 2. The van der Waals surface area contributed by atoms with Gasteiger partial charge in [0.1, 0.15) is 19.8 Å². The third-order valence-electron chi connectivity index (χ3n) is 10.6. The smallest absolute Gasteiger partial charge is 0.462 e. The monoisotopic (exact) mass is 893 g/mol. The predicted molar refractivity (Wildman–Crippen MR) is 261 cm³/mol. The molecule has 0 radical (unpaired) electrons. The first-order chi connectivity index (χ1) is 30.0. The van der Waals surface area contributed by atoms with E-state index in [1.807, 2.05) is 21.1 Å². The molecule has 0 fully saturated rings. The summed E-state index contributed by atoms with van der Waals surface area (Å²) in [4.78, 5) is 35.5. The summed E-state index contributed by atoms with van der Waals surface area (Å²) < 4.78 is 34.4. The Labute approximate surface area is 381 Å². The molecule has 2 atom stereocenters. The van der Waals surface area contributed by atoms with Gasteiger partial charge in [-0.25, -0.2) is 4.57 Å². The summed E-state index contributed by atoms with van der Waals surface area (Å²) in [5.74, 6) is -0.832. The fraction of sp³-hybridized carbons (Fsp3) is 0.769. The van der Waals surface area contributed by atoms with Gasteiger partial charge in [0.2, 0.25) is 0 Å². The maximum absolute atomic E-state index is 12.7. The molecule has 9 nitrogen and oxygen atoms in total. The van der Waals surface area contributed by atoms with Gasteiger partial charge in [-0.1, -0.05) is 197 Å². The molecule has 0 heterocycles. The second kappa shape index (κ2) is 43.9. The minimum absolute atomic E-state index is 0.0236. The van der Waals surface area contributed by atoms with Crippen LogP contribution >= 0.6 is 7.82 Å². The van der Waals surface area contributed by atoms with Gasteiger partial charge < -0.3 is 18.9 Å². The second-order valence-corrected chi connectivity index (χ2v) is 19.3. The lowest BCUT2D eigenvalue weighted by atomic mass is 10.0. The number of hydrogen-bond donors (Lipinski definition) is 1. The van der Waals surface area contributed by atoms with Crippen LogP contribution in [0.15, 0.2) is 60.8 Å². The molecule has 0 saturated heterocycles. The van der Waals surface area contributed by atoms with Gasteiger partial charge in [-0.05, 0) is 57.8 Å². The van der Waals surface area contributed by atoms with Gasteiger partial charge in [-0.3, -0.25) is 18.6 Å². The van der Waals surface area contributed by atoms with Crippen LogP contribution in [0.3, 0.4) is 0 Å². The Kier molecular flexibility index (Phi) is 42.3. The number of likely N-dealkylation sites (N-methyl/N-ethyl adjacent to an activating group) is 1. The van der Waals surface area contributed by atoms with Crippen molar-refractivity contribution in [2.75, 3.05) is 47.5 Å². The zero-order valence-corrected chi connectivity index (χ0v) is 41.5. The van der Waals surface area contributed by atoms with E-state index >= 15 is 0 Å². The fourth-order valence-corrected chi connectivity index (χ4v) is 7.43. The molecule has 360 valence electrons. The number of unbranched alkanes of at least 4 members (excludes halogenated alkanes) is 21. The van der Waals surface area contributed by atoms with Crippen LogP contribution in [0.25, 0.3) is 0 Å². The average molecular weight is 893 g/mol. The molecule has 1 unspecified atom stereocenters. The van der Waals surface area contributed by atoms with Crippen molar-refractivity contribution in [2.45, 2.75) is 213 Å². The largest absolute Gasteiger partial charge is 0.472 e. The number of hydrogen-bond acceptors (Lipinski definition) is 7. The van der Waals surface area contributed by atoms with Crippen LogP contribution in [0.5, 0.6) is 0 Å². The quantitative estimate of drug-likeness (QED) is 0.0212. The van der Waals surface area contributed by atoms with E-state index in [2.05, 4.69) is 74.6 Å². The summed E-state index contributed by atoms with van der Waals surface area (Å²) >= 11 is 0. The number of phosphoric acid groups is 1. The number of rotatable bonds is 45. The molecule has 0 bridgehead atoms. The molecule has 0 aromatic heterocycles. The normalized spacial score (nSPS) is 14.0. The van der Waals surface area contributed by atoms with Crippen LogP contribution in [0, 0.1) is 0 Å². The van der Waals surface area contributed by atoms with Crippen LogP contribution in [-0.4, -0.2) is 74.9 Å². The topological polar surface area (TPSA) is 108 Å². The van der Waals surface area contributed by atoms with Crippen molar-refractivity contribution >= 4 is 19.8 Å². The highest BCUT2D eigenvalue weighted by Crippen LogP contribution is 2.43. The average Bonchev–Trinajstić information content (AvgIpc) is 3.23. The van der Waals surface area contributed by atoms with Crippen molar-refractivity contribution in [3.05, 3.63) is 60.8 Å². The van der Waals surface area contributed by atoms with E-state index in [9.17, 15) is 19.0 Å². The van der Waals surface area contributed by atoms with E-state index in [1.165, 1.54) is 103 Å². The molecule has 0 aliphatic rings. The van der Waals surface area contributed by atoms with Gasteiger partial charge in [0.05, 0.1) is 27.7 Å². The van der Waals surface area contributed by atoms with Gasteiger partial charge in [-0.2, -0.15) is 0 Å². The molecule has 0 saturated carbocycles. The molecule has 1 N–H and O–H groups in total. The molecule has 0 spiro atoms. The minimum Gasteiger partial charge on any atom is -0.462 e. The standard InChI is InChI=1S/C52H94NO8P/c1-6-8-10-12-14-16-18-20-22-24-26-28-30-32-34-36-38-40-42-44-51(54)58-48-50(49-60-62(56,57)59-47-46-53(3,4)5)61-52(55)45-43-41-39-37-35-33-31-29-27-25-23-21-19-17-15-13-11-9-7-2/h9,11,15,17,21,23,27,29,33,35,50H,6-8,10,12-14,16,18-20,22,24-26,28,30-32,34,36-49H2,1-5H3/p+1/b11-9-,17-15-,23-21-,29-27-,35-33-/t50-/m1/s1. The van der Waals surface area contributed by atoms with Crippen molar-refractivity contribution in [1.29, 1.82) is 0 Å². The molecule has 0 amide bonds. The summed E-state index contributed by atoms with van der Waals surface area (Å²) in [6.07, 6.45) is 54.2. The zero-order chi connectivity index (χ0) is 45.7. The van der Waals surface area contributed by atoms with Crippen LogP contribution in [0.1, 0.15) is 206 Å². The first-order valence-electron chi connectivity index (χ1n) is 25.0. The molecule has 0 aromatic carbocycles. The number of ether oxygens (including phenoxy) is 2. The first-order valence-corrected chi connectivity index (χ1v) is 26.5. The summed E-state index contributed by atoms with van der Waals surface area (Å²) in [6.45, 7) is 4.29. The third kappa shape index (κ3) is 47.2. The third-order valence-corrected chi connectivity index (χ3v) is 11.5. The maximum atomic E-state index is 12.7. The summed E-state index contributed by atoms with van der Waals surface area (Å²) in [5.41, 5.74) is 0. The van der Waals surface area contributed by atoms with Crippen LogP contribution in [0.2, 0.25) is 0 Å². The highest BCUT2D eigenvalue weighted by atomic mass is 31.2. The molecule has 62 heavy (non-hydrogen) atoms. The number of allylic oxidation sites excluding steroid dienone is 10. The molecule has 0 rings (SSSR count). The number of quaternary nitrogens is 1. The van der Waals surface area contributed by atoms with Gasteiger partial charge in [-0.15, -0.1) is 0 Å². The van der Waals surface area contributed by atoms with Crippen molar-refractivity contribution in [2.24, 2.45) is 0 Å². The molecular formula is C52H95NO8P+. The van der Waals surface area contributed by atoms with E-state index in [-0.39, 0.29) is 32.0 Å². The van der Waals surface area contributed by atoms with Crippen molar-refractivity contribution < 1.29 is 42.1 Å². The Morgan fingerprint density at radius 2 is 0.919 bits per heavy atom. The highest BCUT2D eigenvalue weighted by molar-refractivity contribution is 7.47. The number of carbonyl (C=O) groups excluding carboxylic acids is 2.